The number of unbranched alkanes of at least 4 members (excludes halogenated alkanes) is 1. The van der Waals surface area contributed by atoms with Gasteiger partial charge >= 0.3 is 0 Å². The molecule has 0 aromatic carbocycles. The van der Waals surface area contributed by atoms with Crippen molar-refractivity contribution >= 4 is 32.1 Å². The first-order chi connectivity index (χ1) is 11.5. The first-order valence-electron chi connectivity index (χ1n) is 7.95. The van der Waals surface area contributed by atoms with Crippen LogP contribution in [0.2, 0.25) is 0 Å². The molecule has 8 heteroatoms. The first-order valence-corrected chi connectivity index (χ1v) is 9.60. The fraction of sp³-hybridized carbons (Fsp3) is 0.375. The van der Waals surface area contributed by atoms with Crippen LogP contribution in [0.5, 0.6) is 0 Å². The van der Waals surface area contributed by atoms with Crippen LogP contribution in [0.25, 0.3) is 22.1 Å². The van der Waals surface area contributed by atoms with Crippen LogP contribution >= 0.6 is 0 Å². The van der Waals surface area contributed by atoms with E-state index in [1.807, 2.05) is 23.8 Å². The van der Waals surface area contributed by atoms with Gasteiger partial charge in [-0.05, 0) is 12.5 Å². The number of hydrogen-bond donors (Lipinski definition) is 2. The maximum absolute atomic E-state index is 11.9. The van der Waals surface area contributed by atoms with Crippen LogP contribution in [0.3, 0.4) is 0 Å². The molecule has 0 saturated carbocycles. The number of nitrogens with zero attached hydrogens (tertiary/aromatic N) is 3. The standard InChI is InChI=1S/C16H21N5O2S/c1-3-4-9-24(22,23)20-12(2)6-8-21-11-19-14-10-18-16-13(15(14)21)5-7-17-16/h5,7,10-11,20H,2-4,6,8-9H2,1H3,(H,17,18). The summed E-state index contributed by atoms with van der Waals surface area (Å²) in [4.78, 5) is 11.8. The topological polar surface area (TPSA) is 92.7 Å². The van der Waals surface area contributed by atoms with Crippen LogP contribution in [0.1, 0.15) is 26.2 Å². The molecule has 0 aliphatic rings. The predicted molar refractivity (Wildman–Crippen MR) is 95.0 cm³/mol. The molecule has 0 radical (unpaired) electrons. The summed E-state index contributed by atoms with van der Waals surface area (Å²) in [5, 5.41) is 0.999. The molecule has 128 valence electrons. The molecular formula is C16H21N5O2S. The second-order valence-corrected chi connectivity index (χ2v) is 7.64. The van der Waals surface area contributed by atoms with Crippen LogP contribution < -0.4 is 4.72 Å². The Balaban J connectivity index is 1.72. The molecule has 0 aliphatic heterocycles. The van der Waals surface area contributed by atoms with E-state index in [0.29, 0.717) is 25.1 Å². The van der Waals surface area contributed by atoms with Crippen molar-refractivity contribution in [2.75, 3.05) is 5.75 Å². The van der Waals surface area contributed by atoms with Crippen molar-refractivity contribution in [1.82, 2.24) is 24.2 Å². The second-order valence-electron chi connectivity index (χ2n) is 5.80. The van der Waals surface area contributed by atoms with Gasteiger partial charge in [-0.2, -0.15) is 0 Å². The number of fused-ring (bicyclic) bond motifs is 3. The number of rotatable bonds is 8. The Morgan fingerprint density at radius 1 is 1.42 bits per heavy atom. The summed E-state index contributed by atoms with van der Waals surface area (Å²) in [7, 11) is -3.29. The van der Waals surface area contributed by atoms with Gasteiger partial charge in [0.1, 0.15) is 11.2 Å². The van der Waals surface area contributed by atoms with Gasteiger partial charge < -0.3 is 9.55 Å². The van der Waals surface area contributed by atoms with Crippen LogP contribution in [0.4, 0.5) is 0 Å². The number of H-pyrrole nitrogens is 1. The monoisotopic (exact) mass is 347 g/mol. The molecule has 3 aromatic heterocycles. The Bertz CT molecular complexity index is 971. The van der Waals surface area contributed by atoms with Gasteiger partial charge in [0.05, 0.1) is 23.8 Å². The van der Waals surface area contributed by atoms with E-state index < -0.39 is 10.0 Å². The summed E-state index contributed by atoms with van der Waals surface area (Å²) >= 11 is 0. The normalized spacial score (nSPS) is 12.0. The van der Waals surface area contributed by atoms with Gasteiger partial charge in [0.25, 0.3) is 0 Å². The van der Waals surface area contributed by atoms with E-state index in [9.17, 15) is 8.42 Å². The van der Waals surface area contributed by atoms with Gasteiger partial charge in [0.2, 0.25) is 10.0 Å². The van der Waals surface area contributed by atoms with E-state index in [4.69, 9.17) is 0 Å². The molecule has 0 atom stereocenters. The fourth-order valence-corrected chi connectivity index (χ4v) is 3.96. The number of hydrogen-bond acceptors (Lipinski definition) is 4. The third kappa shape index (κ3) is 3.43. The van der Waals surface area contributed by atoms with E-state index in [2.05, 4.69) is 26.3 Å². The SMILES string of the molecule is C=C(CCn1cnc2cnc3[nH]ccc3c21)NS(=O)(=O)CCCC. The minimum absolute atomic E-state index is 0.131. The molecule has 3 heterocycles. The van der Waals surface area contributed by atoms with Gasteiger partial charge in [-0.1, -0.05) is 19.9 Å². The van der Waals surface area contributed by atoms with Crippen LogP contribution in [0, 0.1) is 0 Å². The quantitative estimate of drug-likeness (QED) is 0.655. The second kappa shape index (κ2) is 6.64. The van der Waals surface area contributed by atoms with E-state index in [-0.39, 0.29) is 5.75 Å². The van der Waals surface area contributed by atoms with Gasteiger partial charge in [-0.15, -0.1) is 0 Å². The summed E-state index contributed by atoms with van der Waals surface area (Å²) in [6.07, 6.45) is 7.31. The molecule has 2 N–H and O–H groups in total. The largest absolute Gasteiger partial charge is 0.346 e. The molecule has 0 bridgehead atoms. The minimum atomic E-state index is -3.29. The average molecular weight is 347 g/mol. The van der Waals surface area contributed by atoms with E-state index in [1.54, 1.807) is 12.5 Å². The number of aryl methyl sites for hydroxylation is 1. The molecule has 3 rings (SSSR count). The van der Waals surface area contributed by atoms with E-state index in [1.165, 1.54) is 0 Å². The zero-order chi connectivity index (χ0) is 17.2. The zero-order valence-corrected chi connectivity index (χ0v) is 14.4. The summed E-state index contributed by atoms with van der Waals surface area (Å²) in [5.74, 6) is 0.131. The minimum Gasteiger partial charge on any atom is -0.346 e. The zero-order valence-electron chi connectivity index (χ0n) is 13.6. The Morgan fingerprint density at radius 2 is 2.25 bits per heavy atom. The average Bonchev–Trinajstić information content (AvgIpc) is 3.16. The maximum atomic E-state index is 11.9. The first kappa shape index (κ1) is 16.5. The number of allylic oxidation sites excluding steroid dienone is 1. The van der Waals surface area contributed by atoms with Crippen LogP contribution in [-0.4, -0.2) is 33.7 Å². The van der Waals surface area contributed by atoms with Gasteiger partial charge in [-0.3, -0.25) is 4.72 Å². The summed E-state index contributed by atoms with van der Waals surface area (Å²) < 4.78 is 28.4. The molecule has 0 spiro atoms. The number of aromatic nitrogens is 4. The number of imidazole rings is 1. The Hall–Kier alpha value is -2.35. The Kier molecular flexibility index (Phi) is 4.57. The van der Waals surface area contributed by atoms with Crippen LogP contribution in [-0.2, 0) is 16.6 Å². The van der Waals surface area contributed by atoms with Crippen molar-refractivity contribution in [3.8, 4) is 0 Å². The van der Waals surface area contributed by atoms with Gasteiger partial charge in [-0.25, -0.2) is 18.4 Å². The van der Waals surface area contributed by atoms with E-state index >= 15 is 0 Å². The van der Waals surface area contributed by atoms with Crippen molar-refractivity contribution in [2.24, 2.45) is 0 Å². The van der Waals surface area contributed by atoms with Crippen molar-refractivity contribution < 1.29 is 8.42 Å². The Labute approximate surface area is 140 Å². The molecule has 0 unspecified atom stereocenters. The summed E-state index contributed by atoms with van der Waals surface area (Å²) in [6, 6.07) is 1.96. The van der Waals surface area contributed by atoms with Crippen molar-refractivity contribution in [3.05, 3.63) is 37.1 Å². The number of sulfonamides is 1. The molecule has 24 heavy (non-hydrogen) atoms. The number of nitrogens with one attached hydrogen (secondary N) is 2. The molecule has 0 aliphatic carbocycles. The van der Waals surface area contributed by atoms with Crippen molar-refractivity contribution in [2.45, 2.75) is 32.7 Å². The lowest BCUT2D eigenvalue weighted by molar-refractivity contribution is 0.581. The third-order valence-electron chi connectivity index (χ3n) is 3.88. The summed E-state index contributed by atoms with van der Waals surface area (Å²) in [6.45, 7) is 6.39. The van der Waals surface area contributed by atoms with Crippen molar-refractivity contribution in [1.29, 1.82) is 0 Å². The highest BCUT2D eigenvalue weighted by molar-refractivity contribution is 7.89. The Morgan fingerprint density at radius 3 is 3.04 bits per heavy atom. The molecular weight excluding hydrogens is 326 g/mol. The van der Waals surface area contributed by atoms with Gasteiger partial charge in [0, 0.05) is 30.2 Å². The molecule has 0 fully saturated rings. The maximum Gasteiger partial charge on any atom is 0.232 e. The third-order valence-corrected chi connectivity index (χ3v) is 5.31. The smallest absolute Gasteiger partial charge is 0.232 e. The summed E-state index contributed by atoms with van der Waals surface area (Å²) in [5.41, 5.74) is 3.11. The fourth-order valence-electron chi connectivity index (χ4n) is 2.65. The number of aromatic amines is 1. The lowest BCUT2D eigenvalue weighted by Crippen LogP contribution is -2.25. The van der Waals surface area contributed by atoms with E-state index in [0.717, 1.165) is 28.5 Å². The van der Waals surface area contributed by atoms with Crippen molar-refractivity contribution in [3.63, 3.8) is 0 Å². The highest BCUT2D eigenvalue weighted by Crippen LogP contribution is 2.22. The number of pyridine rings is 1. The molecule has 3 aromatic rings. The highest BCUT2D eigenvalue weighted by atomic mass is 32.2. The lowest BCUT2D eigenvalue weighted by Gasteiger charge is -2.11. The lowest BCUT2D eigenvalue weighted by atomic mass is 10.3. The van der Waals surface area contributed by atoms with Crippen LogP contribution in [0.15, 0.2) is 37.1 Å². The molecule has 0 saturated heterocycles. The molecule has 0 amide bonds. The predicted octanol–water partition coefficient (Wildman–Crippen LogP) is 2.54. The van der Waals surface area contributed by atoms with Gasteiger partial charge in [0.15, 0.2) is 0 Å². The molecule has 7 nitrogen and oxygen atoms in total. The highest BCUT2D eigenvalue weighted by Gasteiger charge is 2.12.